The smallest absolute Gasteiger partial charge is 0.338 e. The summed E-state index contributed by atoms with van der Waals surface area (Å²) in [4.78, 5) is 6.06. The molecule has 18 heavy (non-hydrogen) atoms. The fourth-order valence-electron chi connectivity index (χ4n) is 0.926. The van der Waals surface area contributed by atoms with Gasteiger partial charge in [-0.25, -0.2) is 0 Å². The van der Waals surface area contributed by atoms with Crippen molar-refractivity contribution in [3.05, 3.63) is 11.7 Å². The highest BCUT2D eigenvalue weighted by atomic mass is 32.7. The second kappa shape index (κ2) is 6.61. The van der Waals surface area contributed by atoms with E-state index in [1.807, 2.05) is 34.9 Å². The van der Waals surface area contributed by atoms with Crippen molar-refractivity contribution < 1.29 is 13.6 Å². The Morgan fingerprint density at radius 3 is 2.61 bits per heavy atom. The molecule has 0 radical (unpaired) electrons. The monoisotopic (exact) mass is 292 g/mol. The van der Waals surface area contributed by atoms with Crippen LogP contribution in [-0.2, 0) is 20.3 Å². The summed E-state index contributed by atoms with van der Waals surface area (Å²) in [6.45, 7) is 6.36. The second-order valence-electron chi connectivity index (χ2n) is 5.10. The second-order valence-corrected chi connectivity index (χ2v) is 8.02. The van der Waals surface area contributed by atoms with Gasteiger partial charge in [0, 0.05) is 5.41 Å². The lowest BCUT2D eigenvalue weighted by Gasteiger charge is -2.10. The van der Waals surface area contributed by atoms with Crippen molar-refractivity contribution in [1.82, 2.24) is 15.0 Å². The van der Waals surface area contributed by atoms with E-state index in [9.17, 15) is 4.57 Å². The molecule has 6 nitrogen and oxygen atoms in total. The van der Waals surface area contributed by atoms with Crippen LogP contribution in [0.3, 0.4) is 0 Å². The highest BCUT2D eigenvalue weighted by Crippen LogP contribution is 2.40. The average Bonchev–Trinajstić information content (AvgIpc) is 2.71. The van der Waals surface area contributed by atoms with Crippen LogP contribution in [0.15, 0.2) is 4.52 Å². The molecular formula is C10H19N3O3PS+. The molecule has 1 unspecified atom stereocenters. The largest absolute Gasteiger partial charge is 0.587 e. The van der Waals surface area contributed by atoms with Crippen LogP contribution in [0.1, 0.15) is 32.5 Å². The Hall–Kier alpha value is -0.490. The lowest BCUT2D eigenvalue weighted by atomic mass is 9.96. The van der Waals surface area contributed by atoms with Gasteiger partial charge in [0.1, 0.15) is 5.75 Å². The zero-order valence-corrected chi connectivity index (χ0v) is 13.0. The molecule has 0 saturated carbocycles. The van der Waals surface area contributed by atoms with Gasteiger partial charge >= 0.3 is 7.23 Å². The third kappa shape index (κ3) is 5.44. The number of hydrogen-bond acceptors (Lipinski definition) is 7. The Labute approximate surface area is 112 Å². The molecule has 1 aromatic rings. The molecule has 0 aromatic carbocycles. The first-order valence-corrected chi connectivity index (χ1v) is 8.27. The lowest BCUT2D eigenvalue weighted by molar-refractivity contribution is 0.194. The summed E-state index contributed by atoms with van der Waals surface area (Å²) >= 11 is 1.16. The normalized spacial score (nSPS) is 13.1. The quantitative estimate of drug-likeness (QED) is 0.590. The van der Waals surface area contributed by atoms with Crippen molar-refractivity contribution in [3.8, 4) is 0 Å². The summed E-state index contributed by atoms with van der Waals surface area (Å²) in [5.74, 6) is 1.52. The number of hydrogen-bond donors (Lipinski definition) is 0. The molecule has 0 bridgehead atoms. The number of aromatic nitrogens is 2. The maximum absolute atomic E-state index is 11.5. The molecule has 0 aliphatic heterocycles. The molecule has 102 valence electrons. The molecular weight excluding hydrogens is 273 g/mol. The Kier molecular flexibility index (Phi) is 5.72. The zero-order chi connectivity index (χ0) is 13.8. The van der Waals surface area contributed by atoms with Crippen LogP contribution in [0.5, 0.6) is 0 Å². The Morgan fingerprint density at radius 1 is 1.44 bits per heavy atom. The lowest BCUT2D eigenvalue weighted by Crippen LogP contribution is -2.13. The number of nitrogens with zero attached hydrogens (tertiary/aromatic N) is 3. The van der Waals surface area contributed by atoms with Crippen molar-refractivity contribution in [2.45, 2.75) is 31.9 Å². The average molecular weight is 292 g/mol. The molecule has 1 rings (SSSR count). The van der Waals surface area contributed by atoms with Gasteiger partial charge in [-0.2, -0.15) is 4.98 Å². The fourth-order valence-corrected chi connectivity index (χ4v) is 2.67. The summed E-state index contributed by atoms with van der Waals surface area (Å²) < 4.78 is 21.7. The third-order valence-electron chi connectivity index (χ3n) is 1.85. The molecule has 1 aromatic heterocycles. The van der Waals surface area contributed by atoms with E-state index in [1.54, 1.807) is 4.90 Å². The predicted octanol–water partition coefficient (Wildman–Crippen LogP) is 2.79. The van der Waals surface area contributed by atoms with Crippen LogP contribution in [0.2, 0.25) is 0 Å². The van der Waals surface area contributed by atoms with Crippen molar-refractivity contribution in [2.75, 3.05) is 20.8 Å². The maximum atomic E-state index is 11.5. The highest BCUT2D eigenvalue weighted by Gasteiger charge is 2.25. The maximum Gasteiger partial charge on any atom is 0.587 e. The van der Waals surface area contributed by atoms with E-state index in [2.05, 4.69) is 10.1 Å². The summed E-state index contributed by atoms with van der Waals surface area (Å²) in [7, 11) is 1.94. The zero-order valence-electron chi connectivity index (χ0n) is 11.3. The van der Waals surface area contributed by atoms with E-state index >= 15 is 0 Å². The minimum absolute atomic E-state index is 0.143. The molecule has 8 heteroatoms. The van der Waals surface area contributed by atoms with Crippen LogP contribution in [0.25, 0.3) is 0 Å². The number of rotatable bonds is 6. The van der Waals surface area contributed by atoms with E-state index in [4.69, 9.17) is 9.05 Å². The molecule has 0 aliphatic carbocycles. The van der Waals surface area contributed by atoms with Crippen molar-refractivity contribution in [1.29, 1.82) is 0 Å². The first-order chi connectivity index (χ1) is 8.29. The summed E-state index contributed by atoms with van der Waals surface area (Å²) in [5.41, 5.74) is -0.143. The van der Waals surface area contributed by atoms with Crippen molar-refractivity contribution in [3.63, 3.8) is 0 Å². The first-order valence-electron chi connectivity index (χ1n) is 5.50. The molecule has 0 saturated heterocycles. The standard InChI is InChI=1S/C10H19N3O3PS/c1-10(2,3)9-11-8(16-12-9)6-18-17(14)15-7-13(4)5/h6-7H2,1-5H3/q+1. The summed E-state index contributed by atoms with van der Waals surface area (Å²) in [5, 5.41) is 3.90. The molecule has 0 spiro atoms. The van der Waals surface area contributed by atoms with Gasteiger partial charge < -0.3 is 4.52 Å². The molecule has 1 atom stereocenters. The van der Waals surface area contributed by atoms with E-state index < -0.39 is 7.23 Å². The Morgan fingerprint density at radius 2 is 2.11 bits per heavy atom. The topological polar surface area (TPSA) is 68.5 Å². The van der Waals surface area contributed by atoms with Gasteiger partial charge in [0.15, 0.2) is 23.9 Å². The van der Waals surface area contributed by atoms with Crippen LogP contribution >= 0.6 is 18.6 Å². The third-order valence-corrected chi connectivity index (χ3v) is 4.10. The Bertz CT molecular complexity index is 403. The van der Waals surface area contributed by atoms with Crippen LogP contribution < -0.4 is 0 Å². The van der Waals surface area contributed by atoms with Crippen LogP contribution in [0.4, 0.5) is 0 Å². The van der Waals surface area contributed by atoms with E-state index in [0.29, 0.717) is 24.2 Å². The molecule has 0 amide bonds. The van der Waals surface area contributed by atoms with Gasteiger partial charge in [0.2, 0.25) is 5.89 Å². The molecule has 0 N–H and O–H groups in total. The first kappa shape index (κ1) is 15.6. The van der Waals surface area contributed by atoms with Crippen LogP contribution in [-0.4, -0.2) is 35.9 Å². The fraction of sp³-hybridized carbons (Fsp3) is 0.800. The minimum atomic E-state index is -1.76. The van der Waals surface area contributed by atoms with Gasteiger partial charge in [-0.3, -0.25) is 4.90 Å². The van der Waals surface area contributed by atoms with Crippen molar-refractivity contribution >= 4 is 18.6 Å². The summed E-state index contributed by atoms with van der Waals surface area (Å²) in [6.07, 6.45) is 0. The molecule has 0 fully saturated rings. The SMILES string of the molecule is CN(C)CO[P+](=O)SCc1nc(C(C)(C)C)no1. The summed E-state index contributed by atoms with van der Waals surface area (Å²) in [6, 6.07) is 0. The molecule has 1 heterocycles. The van der Waals surface area contributed by atoms with Gasteiger partial charge in [-0.05, 0) is 18.7 Å². The van der Waals surface area contributed by atoms with Crippen molar-refractivity contribution in [2.24, 2.45) is 0 Å². The minimum Gasteiger partial charge on any atom is -0.338 e. The predicted molar refractivity (Wildman–Crippen MR) is 71.5 cm³/mol. The van der Waals surface area contributed by atoms with E-state index in [-0.39, 0.29) is 5.41 Å². The van der Waals surface area contributed by atoms with Gasteiger partial charge in [-0.15, -0.1) is 4.52 Å². The van der Waals surface area contributed by atoms with Gasteiger partial charge in [0.25, 0.3) is 0 Å². The molecule has 0 aliphatic rings. The van der Waals surface area contributed by atoms with E-state index in [1.165, 1.54) is 0 Å². The van der Waals surface area contributed by atoms with Gasteiger partial charge in [0.05, 0.1) is 0 Å². The van der Waals surface area contributed by atoms with Gasteiger partial charge in [-0.1, -0.05) is 25.9 Å². The Balaban J connectivity index is 2.40. The highest BCUT2D eigenvalue weighted by molar-refractivity contribution is 8.49. The van der Waals surface area contributed by atoms with E-state index in [0.717, 1.165) is 11.4 Å². The van der Waals surface area contributed by atoms with Crippen LogP contribution in [0, 0.1) is 0 Å².